The Labute approximate surface area is 127 Å². The molecule has 3 heteroatoms. The first-order valence-corrected chi connectivity index (χ1v) is 8.30. The number of aryl methyl sites for hydroxylation is 1. The second-order valence-electron chi connectivity index (χ2n) is 6.99. The number of likely N-dealkylation sites (N-methyl/N-ethyl adjacent to an activating group) is 1. The van der Waals surface area contributed by atoms with Crippen molar-refractivity contribution in [1.82, 2.24) is 10.2 Å². The summed E-state index contributed by atoms with van der Waals surface area (Å²) in [4.78, 5) is 2.42. The number of rotatable bonds is 4. The van der Waals surface area contributed by atoms with Gasteiger partial charge in [0.1, 0.15) is 5.82 Å². The Hall–Kier alpha value is -0.930. The van der Waals surface area contributed by atoms with Crippen molar-refractivity contribution in [3.63, 3.8) is 0 Å². The number of halogens is 1. The van der Waals surface area contributed by atoms with Crippen molar-refractivity contribution in [3.8, 4) is 0 Å². The summed E-state index contributed by atoms with van der Waals surface area (Å²) in [5, 5.41) is 3.79. The third-order valence-corrected chi connectivity index (χ3v) is 5.59. The zero-order chi connectivity index (χ0) is 14.9. The van der Waals surface area contributed by atoms with Crippen molar-refractivity contribution < 1.29 is 4.39 Å². The van der Waals surface area contributed by atoms with Gasteiger partial charge in [-0.1, -0.05) is 25.3 Å². The van der Waals surface area contributed by atoms with Crippen LogP contribution in [0.2, 0.25) is 0 Å². The fraction of sp³-hybridized carbons (Fsp3) is 0.667. The Morgan fingerprint density at radius 3 is 2.71 bits per heavy atom. The molecule has 1 N–H and O–H groups in total. The van der Waals surface area contributed by atoms with Gasteiger partial charge in [-0.05, 0) is 63.0 Å². The van der Waals surface area contributed by atoms with E-state index in [1.165, 1.54) is 43.2 Å². The van der Waals surface area contributed by atoms with Crippen LogP contribution >= 0.6 is 0 Å². The first kappa shape index (κ1) is 15.0. The largest absolute Gasteiger partial charge is 0.308 e. The van der Waals surface area contributed by atoms with Gasteiger partial charge >= 0.3 is 0 Å². The topological polar surface area (TPSA) is 15.3 Å². The summed E-state index contributed by atoms with van der Waals surface area (Å²) in [7, 11) is 4.43. The maximum absolute atomic E-state index is 13.3. The molecule has 0 heterocycles. The molecule has 2 aliphatic carbocycles. The van der Waals surface area contributed by atoms with Crippen LogP contribution in [0, 0.1) is 5.82 Å². The molecule has 2 aliphatic rings. The lowest BCUT2D eigenvalue weighted by atomic mass is 9.80. The minimum atomic E-state index is -0.105. The molecule has 116 valence electrons. The van der Waals surface area contributed by atoms with Crippen LogP contribution in [0.4, 0.5) is 4.39 Å². The Morgan fingerprint density at radius 2 is 2.00 bits per heavy atom. The lowest BCUT2D eigenvalue weighted by Gasteiger charge is -2.44. The second-order valence-corrected chi connectivity index (χ2v) is 6.99. The first-order valence-electron chi connectivity index (χ1n) is 8.30. The average Bonchev–Trinajstić information content (AvgIpc) is 2.88. The van der Waals surface area contributed by atoms with Crippen LogP contribution in [-0.2, 0) is 6.42 Å². The van der Waals surface area contributed by atoms with Crippen LogP contribution in [0.5, 0.6) is 0 Å². The zero-order valence-electron chi connectivity index (χ0n) is 13.3. The molecule has 0 saturated heterocycles. The molecule has 0 aromatic heterocycles. The predicted molar refractivity (Wildman–Crippen MR) is 85.0 cm³/mol. The van der Waals surface area contributed by atoms with Gasteiger partial charge in [0.2, 0.25) is 0 Å². The van der Waals surface area contributed by atoms with E-state index in [0.717, 1.165) is 19.4 Å². The number of hydrogen-bond acceptors (Lipinski definition) is 2. The molecule has 0 radical (unpaired) electrons. The van der Waals surface area contributed by atoms with Gasteiger partial charge in [-0.2, -0.15) is 0 Å². The van der Waals surface area contributed by atoms with Gasteiger partial charge in [0.25, 0.3) is 0 Å². The molecule has 0 bridgehead atoms. The molecule has 1 fully saturated rings. The van der Waals surface area contributed by atoms with E-state index < -0.39 is 0 Å². The third kappa shape index (κ3) is 3.00. The van der Waals surface area contributed by atoms with E-state index in [1.54, 1.807) is 12.1 Å². The lowest BCUT2D eigenvalue weighted by Crippen LogP contribution is -2.53. The van der Waals surface area contributed by atoms with Crippen molar-refractivity contribution in [2.75, 3.05) is 20.6 Å². The summed E-state index contributed by atoms with van der Waals surface area (Å²) in [5.74, 6) is -0.105. The fourth-order valence-corrected chi connectivity index (χ4v) is 4.10. The minimum Gasteiger partial charge on any atom is -0.308 e. The van der Waals surface area contributed by atoms with Crippen LogP contribution in [0.15, 0.2) is 18.2 Å². The standard InChI is InChI=1S/C18H27FN2/c1-21(2)18(10-4-3-5-11-18)13-20-17-9-6-14-12-15(19)7-8-16(14)17/h7-8,12,17,20H,3-6,9-11,13H2,1-2H3. The highest BCUT2D eigenvalue weighted by Crippen LogP contribution is 2.35. The highest BCUT2D eigenvalue weighted by Gasteiger charge is 2.35. The molecule has 1 atom stereocenters. The Morgan fingerprint density at radius 1 is 1.24 bits per heavy atom. The summed E-state index contributed by atoms with van der Waals surface area (Å²) in [6.07, 6.45) is 8.73. The monoisotopic (exact) mass is 290 g/mol. The molecule has 0 amide bonds. The van der Waals surface area contributed by atoms with Crippen LogP contribution in [0.25, 0.3) is 0 Å². The maximum Gasteiger partial charge on any atom is 0.123 e. The number of nitrogens with one attached hydrogen (secondary N) is 1. The second kappa shape index (κ2) is 6.05. The van der Waals surface area contributed by atoms with Gasteiger partial charge in [0.15, 0.2) is 0 Å². The Kier molecular flexibility index (Phi) is 4.32. The SMILES string of the molecule is CN(C)C1(CNC2CCc3cc(F)ccc32)CCCCC1. The number of nitrogens with zero attached hydrogens (tertiary/aromatic N) is 1. The average molecular weight is 290 g/mol. The molecule has 1 saturated carbocycles. The number of benzene rings is 1. The van der Waals surface area contributed by atoms with E-state index in [1.807, 2.05) is 6.07 Å². The van der Waals surface area contributed by atoms with E-state index in [4.69, 9.17) is 0 Å². The molecule has 3 rings (SSSR count). The first-order chi connectivity index (χ1) is 10.1. The van der Waals surface area contributed by atoms with Crippen LogP contribution in [-0.4, -0.2) is 31.1 Å². The number of fused-ring (bicyclic) bond motifs is 1. The molecule has 1 aromatic rings. The molecular weight excluding hydrogens is 263 g/mol. The van der Waals surface area contributed by atoms with Gasteiger partial charge in [-0.25, -0.2) is 4.39 Å². The maximum atomic E-state index is 13.3. The van der Waals surface area contributed by atoms with Crippen LogP contribution in [0.3, 0.4) is 0 Å². The summed E-state index contributed by atoms with van der Waals surface area (Å²) < 4.78 is 13.3. The van der Waals surface area contributed by atoms with Crippen LogP contribution < -0.4 is 5.32 Å². The van der Waals surface area contributed by atoms with Crippen LogP contribution in [0.1, 0.15) is 55.7 Å². The predicted octanol–water partition coefficient (Wildman–Crippen LogP) is 3.67. The molecule has 0 spiro atoms. The summed E-state index contributed by atoms with van der Waals surface area (Å²) in [6, 6.07) is 5.68. The van der Waals surface area contributed by atoms with Gasteiger partial charge in [-0.3, -0.25) is 0 Å². The quantitative estimate of drug-likeness (QED) is 0.910. The lowest BCUT2D eigenvalue weighted by molar-refractivity contribution is 0.0951. The van der Waals surface area contributed by atoms with E-state index in [9.17, 15) is 4.39 Å². The normalized spacial score (nSPS) is 24.3. The summed E-state index contributed by atoms with van der Waals surface area (Å²) >= 11 is 0. The van der Waals surface area contributed by atoms with Crippen molar-refractivity contribution in [3.05, 3.63) is 35.1 Å². The smallest absolute Gasteiger partial charge is 0.123 e. The fourth-order valence-electron chi connectivity index (χ4n) is 4.10. The summed E-state index contributed by atoms with van der Waals surface area (Å²) in [6.45, 7) is 1.04. The third-order valence-electron chi connectivity index (χ3n) is 5.59. The van der Waals surface area contributed by atoms with E-state index >= 15 is 0 Å². The van der Waals surface area contributed by atoms with E-state index in [2.05, 4.69) is 24.3 Å². The molecular formula is C18H27FN2. The van der Waals surface area contributed by atoms with Gasteiger partial charge in [0.05, 0.1) is 0 Å². The molecule has 21 heavy (non-hydrogen) atoms. The molecule has 1 aromatic carbocycles. The van der Waals surface area contributed by atoms with Gasteiger partial charge < -0.3 is 10.2 Å². The highest BCUT2D eigenvalue weighted by molar-refractivity contribution is 5.35. The highest BCUT2D eigenvalue weighted by atomic mass is 19.1. The molecule has 2 nitrogen and oxygen atoms in total. The summed E-state index contributed by atoms with van der Waals surface area (Å²) in [5.41, 5.74) is 2.80. The van der Waals surface area contributed by atoms with Gasteiger partial charge in [0, 0.05) is 18.1 Å². The van der Waals surface area contributed by atoms with Crippen molar-refractivity contribution in [2.24, 2.45) is 0 Å². The Bertz CT molecular complexity index is 492. The zero-order valence-corrected chi connectivity index (χ0v) is 13.3. The molecule has 1 unspecified atom stereocenters. The van der Waals surface area contributed by atoms with E-state index in [0.29, 0.717) is 11.6 Å². The van der Waals surface area contributed by atoms with Crippen molar-refractivity contribution in [1.29, 1.82) is 0 Å². The Balaban J connectivity index is 1.68. The van der Waals surface area contributed by atoms with E-state index in [-0.39, 0.29) is 5.82 Å². The number of hydrogen-bond donors (Lipinski definition) is 1. The minimum absolute atomic E-state index is 0.105. The van der Waals surface area contributed by atoms with Crippen molar-refractivity contribution in [2.45, 2.75) is 56.5 Å². The van der Waals surface area contributed by atoms with Gasteiger partial charge in [-0.15, -0.1) is 0 Å². The van der Waals surface area contributed by atoms with Crippen molar-refractivity contribution >= 4 is 0 Å². The molecule has 0 aliphatic heterocycles.